The molecule has 28 heavy (non-hydrogen) atoms. The molecular formula is C18H18BrF2IO5S. The van der Waals surface area contributed by atoms with Gasteiger partial charge >= 0.3 is 179 Å². The fourth-order valence-corrected chi connectivity index (χ4v) is 8.84. The van der Waals surface area contributed by atoms with Crippen LogP contribution in [-0.2, 0) is 22.2 Å². The van der Waals surface area contributed by atoms with E-state index in [1.807, 2.05) is 13.8 Å². The zero-order chi connectivity index (χ0) is 20.9. The summed E-state index contributed by atoms with van der Waals surface area (Å²) in [6.07, 6.45) is 0. The predicted octanol–water partition coefficient (Wildman–Crippen LogP) is 4.64. The summed E-state index contributed by atoms with van der Waals surface area (Å²) < 4.78 is 63.4. The third kappa shape index (κ3) is 5.49. The Hall–Kier alpha value is -1.11. The number of hydrogen-bond donors (Lipinski definition) is 0. The van der Waals surface area contributed by atoms with E-state index in [0.29, 0.717) is 7.14 Å². The number of hydrogen-bond acceptors (Lipinski definition) is 5. The second-order valence-electron chi connectivity index (χ2n) is 5.70. The molecule has 0 aromatic heterocycles. The van der Waals surface area contributed by atoms with Crippen LogP contribution in [0.4, 0.5) is 8.78 Å². The van der Waals surface area contributed by atoms with Gasteiger partial charge in [-0.25, -0.2) is 0 Å². The van der Waals surface area contributed by atoms with E-state index in [1.165, 1.54) is 0 Å². The average molecular weight is 591 g/mol. The van der Waals surface area contributed by atoms with E-state index >= 15 is 0 Å². The molecule has 0 heterocycles. The van der Waals surface area contributed by atoms with E-state index in [2.05, 4.69) is 20.7 Å². The van der Waals surface area contributed by atoms with Crippen molar-refractivity contribution in [1.82, 2.24) is 0 Å². The molecule has 0 aliphatic rings. The standard InChI is InChI=1S/C18H18BrF2IO5S/c1-13-3-7-15(8-4-13)22(16-9-5-14(2)6-10-16)27-28(24,25)18(20,21)17(23)26-12-11-19/h3-10H,11-12H2,1-2H3. The Morgan fingerprint density at radius 3 is 1.82 bits per heavy atom. The average Bonchev–Trinajstić information content (AvgIpc) is 2.65. The number of benzene rings is 2. The van der Waals surface area contributed by atoms with E-state index in [1.54, 1.807) is 48.5 Å². The summed E-state index contributed by atoms with van der Waals surface area (Å²) in [5, 5.41) is -4.71. The minimum atomic E-state index is -5.56. The van der Waals surface area contributed by atoms with Crippen molar-refractivity contribution in [2.45, 2.75) is 19.1 Å². The molecule has 2 aromatic rings. The van der Waals surface area contributed by atoms with Crippen molar-refractivity contribution in [3.8, 4) is 0 Å². The molecule has 0 N–H and O–H groups in total. The van der Waals surface area contributed by atoms with Gasteiger partial charge < -0.3 is 0 Å². The van der Waals surface area contributed by atoms with Crippen LogP contribution in [0.5, 0.6) is 0 Å². The van der Waals surface area contributed by atoms with Gasteiger partial charge in [-0.05, 0) is 0 Å². The van der Waals surface area contributed by atoms with Crippen LogP contribution in [0.3, 0.4) is 0 Å². The SMILES string of the molecule is Cc1ccc(I(OS(=O)(=O)C(F)(F)C(=O)OCCBr)c2ccc(C)cc2)cc1. The van der Waals surface area contributed by atoms with Gasteiger partial charge in [0.05, 0.1) is 0 Å². The van der Waals surface area contributed by atoms with E-state index in [4.69, 9.17) is 2.51 Å². The van der Waals surface area contributed by atoms with Crippen molar-refractivity contribution in [1.29, 1.82) is 0 Å². The number of carbonyl (C=O) groups is 1. The maximum atomic E-state index is 14.3. The van der Waals surface area contributed by atoms with Gasteiger partial charge in [-0.3, -0.25) is 0 Å². The zero-order valence-corrected chi connectivity index (χ0v) is 19.6. The normalized spacial score (nSPS) is 12.5. The summed E-state index contributed by atoms with van der Waals surface area (Å²) in [4.78, 5) is 11.6. The van der Waals surface area contributed by atoms with Gasteiger partial charge in [0, 0.05) is 0 Å². The van der Waals surface area contributed by atoms with Crippen molar-refractivity contribution in [3.05, 3.63) is 66.8 Å². The molecular weight excluding hydrogens is 573 g/mol. The molecule has 0 saturated heterocycles. The van der Waals surface area contributed by atoms with Crippen molar-refractivity contribution in [2.75, 3.05) is 11.9 Å². The number of aryl methyl sites for hydroxylation is 2. The van der Waals surface area contributed by atoms with Gasteiger partial charge in [0.2, 0.25) is 0 Å². The number of halogens is 4. The Morgan fingerprint density at radius 2 is 1.43 bits per heavy atom. The first-order valence-corrected chi connectivity index (χ1v) is 13.5. The molecule has 0 aliphatic heterocycles. The Kier molecular flexibility index (Phi) is 7.94. The van der Waals surface area contributed by atoms with Crippen molar-refractivity contribution in [2.24, 2.45) is 0 Å². The molecule has 0 saturated carbocycles. The predicted molar refractivity (Wildman–Crippen MR) is 113 cm³/mol. The first kappa shape index (κ1) is 23.2. The first-order chi connectivity index (χ1) is 13.1. The molecule has 0 bridgehead atoms. The molecule has 10 heteroatoms. The number of ether oxygens (including phenoxy) is 1. The fourth-order valence-electron chi connectivity index (χ4n) is 1.93. The number of rotatable bonds is 8. The molecule has 5 nitrogen and oxygen atoms in total. The summed E-state index contributed by atoms with van der Waals surface area (Å²) in [7, 11) is -5.56. The van der Waals surface area contributed by atoms with Crippen LogP contribution in [0.15, 0.2) is 48.5 Å². The topological polar surface area (TPSA) is 69.7 Å². The van der Waals surface area contributed by atoms with Gasteiger partial charge in [-0.1, -0.05) is 0 Å². The second kappa shape index (κ2) is 9.59. The Bertz CT molecular complexity index is 872. The van der Waals surface area contributed by atoms with Crippen LogP contribution < -0.4 is 0 Å². The Morgan fingerprint density at radius 1 is 1.00 bits per heavy atom. The van der Waals surface area contributed by atoms with Crippen LogP contribution in [0, 0.1) is 21.0 Å². The monoisotopic (exact) mass is 590 g/mol. The van der Waals surface area contributed by atoms with Gasteiger partial charge in [0.15, 0.2) is 0 Å². The Balaban J connectivity index is 2.42. The van der Waals surface area contributed by atoms with Crippen LogP contribution in [-0.4, -0.2) is 31.6 Å². The van der Waals surface area contributed by atoms with Crippen LogP contribution in [0.25, 0.3) is 0 Å². The van der Waals surface area contributed by atoms with Crippen molar-refractivity contribution < 1.29 is 29.2 Å². The number of carbonyl (C=O) groups excluding carboxylic acids is 1. The first-order valence-electron chi connectivity index (χ1n) is 7.97. The second-order valence-corrected chi connectivity index (χ2v) is 13.0. The number of esters is 1. The van der Waals surface area contributed by atoms with Crippen LogP contribution in [0.1, 0.15) is 11.1 Å². The Labute approximate surface area is 178 Å². The molecule has 2 aromatic carbocycles. The van der Waals surface area contributed by atoms with E-state index in [0.717, 1.165) is 11.1 Å². The maximum absolute atomic E-state index is 14.3. The van der Waals surface area contributed by atoms with Gasteiger partial charge in [0.25, 0.3) is 0 Å². The van der Waals surface area contributed by atoms with E-state index < -0.39 is 41.6 Å². The summed E-state index contributed by atoms with van der Waals surface area (Å²) in [6, 6.07) is 13.6. The zero-order valence-electron chi connectivity index (χ0n) is 15.0. The van der Waals surface area contributed by atoms with Crippen LogP contribution >= 0.6 is 36.2 Å². The van der Waals surface area contributed by atoms with Gasteiger partial charge in [-0.15, -0.1) is 0 Å². The molecule has 154 valence electrons. The minimum absolute atomic E-state index is 0.0982. The fraction of sp³-hybridized carbons (Fsp3) is 0.278. The van der Waals surface area contributed by atoms with Crippen molar-refractivity contribution >= 4 is 52.3 Å². The molecule has 0 amide bonds. The third-order valence-corrected chi connectivity index (χ3v) is 11.0. The van der Waals surface area contributed by atoms with Gasteiger partial charge in [-0.2, -0.15) is 0 Å². The summed E-state index contributed by atoms with van der Waals surface area (Å²) in [5.41, 5.74) is 1.85. The summed E-state index contributed by atoms with van der Waals surface area (Å²) >= 11 is -0.377. The van der Waals surface area contributed by atoms with E-state index in [-0.39, 0.29) is 11.9 Å². The number of alkyl halides is 3. The molecule has 0 unspecified atom stereocenters. The summed E-state index contributed by atoms with van der Waals surface area (Å²) in [5.74, 6) is -2.16. The molecule has 2 rings (SSSR count). The molecule has 0 spiro atoms. The molecule has 0 radical (unpaired) electrons. The molecule has 0 aliphatic carbocycles. The molecule has 0 fully saturated rings. The van der Waals surface area contributed by atoms with E-state index in [9.17, 15) is 22.0 Å². The van der Waals surface area contributed by atoms with Crippen LogP contribution in [0.2, 0.25) is 0 Å². The van der Waals surface area contributed by atoms with Gasteiger partial charge in [0.1, 0.15) is 0 Å². The van der Waals surface area contributed by atoms with Crippen molar-refractivity contribution in [3.63, 3.8) is 0 Å². The molecule has 0 atom stereocenters. The quantitative estimate of drug-likeness (QED) is 0.254. The third-order valence-electron chi connectivity index (χ3n) is 3.43. The summed E-state index contributed by atoms with van der Waals surface area (Å²) in [6.45, 7) is 3.31.